The molecule has 2 bridgehead atoms. The van der Waals surface area contributed by atoms with Crippen LogP contribution in [-0.4, -0.2) is 56.1 Å². The minimum absolute atomic E-state index is 0.113. The van der Waals surface area contributed by atoms with Gasteiger partial charge >= 0.3 is 6.03 Å². The van der Waals surface area contributed by atoms with Gasteiger partial charge in [-0.1, -0.05) is 12.1 Å². The molecule has 0 radical (unpaired) electrons. The number of amides is 4. The summed E-state index contributed by atoms with van der Waals surface area (Å²) in [7, 11) is 1.50. The number of aromatic hydroxyl groups is 1. The number of likely N-dealkylation sites (N-methyl/N-ethyl adjacent to an activating group) is 1. The number of nitrogens with one attached hydrogen (secondary N) is 1. The lowest BCUT2D eigenvalue weighted by molar-refractivity contribution is -0.132. The lowest BCUT2D eigenvalue weighted by atomic mass is 9.89. The van der Waals surface area contributed by atoms with Gasteiger partial charge in [-0.15, -0.1) is 0 Å². The van der Waals surface area contributed by atoms with Gasteiger partial charge in [-0.05, 0) is 41.5 Å². The number of phenolic OH excluding ortho intramolecular Hbond substituents is 1. The van der Waals surface area contributed by atoms with Crippen molar-refractivity contribution in [3.63, 3.8) is 0 Å². The van der Waals surface area contributed by atoms with Crippen LogP contribution < -0.4 is 5.48 Å². The lowest BCUT2D eigenvalue weighted by Gasteiger charge is -2.41. The van der Waals surface area contributed by atoms with Gasteiger partial charge in [0.25, 0.3) is 5.91 Å². The first-order valence-electron chi connectivity index (χ1n) is 9.83. The van der Waals surface area contributed by atoms with E-state index in [1.165, 1.54) is 7.05 Å². The number of urea groups is 1. The van der Waals surface area contributed by atoms with Crippen LogP contribution in [0.3, 0.4) is 0 Å². The van der Waals surface area contributed by atoms with Gasteiger partial charge in [0.15, 0.2) is 0 Å². The Morgan fingerprint density at radius 1 is 1.16 bits per heavy atom. The number of hydroxylamine groups is 1. The molecule has 0 saturated carbocycles. The number of carbonyl (C=O) groups excluding carboxylic acids is 3. The van der Waals surface area contributed by atoms with Gasteiger partial charge in [0.2, 0.25) is 5.91 Å². The molecule has 3 N–H and O–H groups in total. The summed E-state index contributed by atoms with van der Waals surface area (Å²) in [5.41, 5.74) is 5.42. The maximum Gasteiger partial charge on any atom is 0.326 e. The third-order valence-corrected chi connectivity index (χ3v) is 6.13. The SMILES string of the molecule is CN1C(=O)C2CN(Cc3c2c2cc(O)ccc2n3Cc2ccc(C(=O)NO)cc2)C1=O. The molecule has 31 heavy (non-hydrogen) atoms. The van der Waals surface area contributed by atoms with E-state index in [4.69, 9.17) is 5.21 Å². The number of fused-ring (bicyclic) bond motifs is 6. The largest absolute Gasteiger partial charge is 0.508 e. The number of nitrogens with zero attached hydrogens (tertiary/aromatic N) is 3. The number of hydrogen-bond acceptors (Lipinski definition) is 5. The number of carbonyl (C=O) groups is 3. The van der Waals surface area contributed by atoms with Gasteiger partial charge in [-0.2, -0.15) is 0 Å². The van der Waals surface area contributed by atoms with Crippen LogP contribution in [0.5, 0.6) is 5.75 Å². The predicted octanol–water partition coefficient (Wildman–Crippen LogP) is 2.01. The molecule has 9 heteroatoms. The fraction of sp³-hybridized carbons (Fsp3) is 0.227. The van der Waals surface area contributed by atoms with Gasteiger partial charge < -0.3 is 14.6 Å². The second-order valence-electron chi connectivity index (χ2n) is 7.90. The Labute approximate surface area is 177 Å². The van der Waals surface area contributed by atoms with Crippen molar-refractivity contribution in [3.05, 3.63) is 64.8 Å². The van der Waals surface area contributed by atoms with Crippen LogP contribution in [0, 0.1) is 0 Å². The van der Waals surface area contributed by atoms with Crippen molar-refractivity contribution >= 4 is 28.7 Å². The summed E-state index contributed by atoms with van der Waals surface area (Å²) in [5.74, 6) is -1.20. The van der Waals surface area contributed by atoms with Crippen LogP contribution in [0.25, 0.3) is 10.9 Å². The molecular weight excluding hydrogens is 400 g/mol. The smallest absolute Gasteiger partial charge is 0.326 e. The highest BCUT2D eigenvalue weighted by Gasteiger charge is 2.44. The molecule has 3 aromatic rings. The molecule has 2 aliphatic rings. The van der Waals surface area contributed by atoms with E-state index in [1.807, 2.05) is 6.07 Å². The van der Waals surface area contributed by atoms with E-state index in [-0.39, 0.29) is 17.7 Å². The first-order chi connectivity index (χ1) is 14.9. The summed E-state index contributed by atoms with van der Waals surface area (Å²) >= 11 is 0. The van der Waals surface area contributed by atoms with Gasteiger partial charge in [0.05, 0.1) is 12.5 Å². The fourth-order valence-corrected chi connectivity index (χ4v) is 4.61. The molecule has 3 heterocycles. The highest BCUT2D eigenvalue weighted by atomic mass is 16.5. The predicted molar refractivity (Wildman–Crippen MR) is 110 cm³/mol. The molecule has 2 aliphatic heterocycles. The molecule has 1 atom stereocenters. The van der Waals surface area contributed by atoms with Gasteiger partial charge in [-0.3, -0.25) is 19.7 Å². The van der Waals surface area contributed by atoms with Crippen molar-refractivity contribution in [2.24, 2.45) is 0 Å². The molecule has 158 valence electrons. The van der Waals surface area contributed by atoms with Crippen molar-refractivity contribution in [1.29, 1.82) is 0 Å². The third kappa shape index (κ3) is 2.85. The van der Waals surface area contributed by atoms with Crippen molar-refractivity contribution in [2.75, 3.05) is 13.6 Å². The van der Waals surface area contributed by atoms with Gasteiger partial charge in [0, 0.05) is 42.3 Å². The summed E-state index contributed by atoms with van der Waals surface area (Å²) in [6.07, 6.45) is 0. The number of imide groups is 1. The molecule has 9 nitrogen and oxygen atoms in total. The Morgan fingerprint density at radius 2 is 1.90 bits per heavy atom. The average Bonchev–Trinajstić information content (AvgIpc) is 3.08. The molecular formula is C22H20N4O5. The zero-order chi connectivity index (χ0) is 21.9. The first-order valence-corrected chi connectivity index (χ1v) is 9.83. The summed E-state index contributed by atoms with van der Waals surface area (Å²) in [6, 6.07) is 11.6. The first kappa shape index (κ1) is 19.1. The van der Waals surface area contributed by atoms with Crippen molar-refractivity contribution in [3.8, 4) is 5.75 Å². The van der Waals surface area contributed by atoms with Gasteiger partial charge in [0.1, 0.15) is 5.75 Å². The van der Waals surface area contributed by atoms with Crippen molar-refractivity contribution < 1.29 is 24.7 Å². The minimum Gasteiger partial charge on any atom is -0.508 e. The fourth-order valence-electron chi connectivity index (χ4n) is 4.61. The van der Waals surface area contributed by atoms with Crippen molar-refractivity contribution in [2.45, 2.75) is 19.0 Å². The normalized spacial score (nSPS) is 17.8. The highest BCUT2D eigenvalue weighted by Crippen LogP contribution is 2.41. The third-order valence-electron chi connectivity index (χ3n) is 6.13. The molecule has 1 saturated heterocycles. The Bertz CT molecular complexity index is 1250. The number of phenols is 1. The maximum atomic E-state index is 12.9. The highest BCUT2D eigenvalue weighted by molar-refractivity contribution is 6.04. The molecule has 1 aromatic heterocycles. The number of aromatic nitrogens is 1. The summed E-state index contributed by atoms with van der Waals surface area (Å²) < 4.78 is 2.05. The Hall–Kier alpha value is -3.85. The lowest BCUT2D eigenvalue weighted by Crippen LogP contribution is -2.56. The van der Waals surface area contributed by atoms with Crippen LogP contribution in [-0.2, 0) is 17.9 Å². The van der Waals surface area contributed by atoms with E-state index >= 15 is 0 Å². The van der Waals surface area contributed by atoms with E-state index in [1.54, 1.807) is 46.8 Å². The quantitative estimate of drug-likeness (QED) is 0.443. The second kappa shape index (κ2) is 6.85. The number of rotatable bonds is 3. The molecule has 2 aromatic carbocycles. The van der Waals surface area contributed by atoms with Gasteiger partial charge in [-0.25, -0.2) is 10.3 Å². The second-order valence-corrected chi connectivity index (χ2v) is 7.90. The van der Waals surface area contributed by atoms with Crippen molar-refractivity contribution in [1.82, 2.24) is 19.8 Å². The zero-order valence-electron chi connectivity index (χ0n) is 16.7. The molecule has 0 spiro atoms. The maximum absolute atomic E-state index is 12.9. The standard InChI is InChI=1S/C22H20N4O5/c1-24-21(29)16-10-25(22(24)30)11-18-19(16)15-8-14(27)6-7-17(15)26(18)9-12-2-4-13(5-3-12)20(28)23-31/h2-8,16,27,31H,9-11H2,1H3,(H,23,28). The molecule has 1 unspecified atom stereocenters. The Morgan fingerprint density at radius 3 is 2.61 bits per heavy atom. The molecule has 5 rings (SSSR count). The van der Waals surface area contributed by atoms with E-state index in [0.717, 1.165) is 32.6 Å². The van der Waals surface area contributed by atoms with Crippen LogP contribution in [0.15, 0.2) is 42.5 Å². The van der Waals surface area contributed by atoms with E-state index in [9.17, 15) is 19.5 Å². The van der Waals surface area contributed by atoms with Crippen LogP contribution in [0.1, 0.15) is 33.1 Å². The summed E-state index contributed by atoms with van der Waals surface area (Å²) in [4.78, 5) is 39.8. The summed E-state index contributed by atoms with van der Waals surface area (Å²) in [6.45, 7) is 1.15. The number of hydrogen-bond donors (Lipinski definition) is 3. The van der Waals surface area contributed by atoms with E-state index in [0.29, 0.717) is 25.2 Å². The Balaban J connectivity index is 1.64. The van der Waals surface area contributed by atoms with Crippen LogP contribution in [0.2, 0.25) is 0 Å². The monoisotopic (exact) mass is 420 g/mol. The molecule has 0 aliphatic carbocycles. The Kier molecular flexibility index (Phi) is 4.23. The summed E-state index contributed by atoms with van der Waals surface area (Å²) in [5, 5.41) is 19.7. The topological polar surface area (TPSA) is 115 Å². The molecule has 1 fully saturated rings. The average molecular weight is 420 g/mol. The molecule has 4 amide bonds. The zero-order valence-corrected chi connectivity index (χ0v) is 16.7. The minimum atomic E-state index is -0.590. The van der Waals surface area contributed by atoms with Crippen LogP contribution in [0.4, 0.5) is 4.79 Å². The van der Waals surface area contributed by atoms with E-state index in [2.05, 4.69) is 4.57 Å². The van der Waals surface area contributed by atoms with E-state index < -0.39 is 11.8 Å². The van der Waals surface area contributed by atoms with Crippen LogP contribution >= 0.6 is 0 Å². The number of benzene rings is 2.